The molecule has 2 heterocycles. The molecule has 1 amide bonds. The van der Waals surface area contributed by atoms with E-state index in [1.165, 1.54) is 18.3 Å². The number of ketones is 1. The van der Waals surface area contributed by atoms with E-state index in [1.54, 1.807) is 12.1 Å². The molecule has 2 aromatic rings. The Kier molecular flexibility index (Phi) is 3.85. The van der Waals surface area contributed by atoms with Crippen molar-refractivity contribution in [2.45, 2.75) is 26.8 Å². The largest absolute Gasteiger partial charge is 0.464 e. The van der Waals surface area contributed by atoms with Crippen molar-refractivity contribution >= 4 is 23.0 Å². The predicted molar refractivity (Wildman–Crippen MR) is 73.6 cm³/mol. The van der Waals surface area contributed by atoms with Crippen molar-refractivity contribution in [3.8, 4) is 0 Å². The number of carbonyl (C=O) groups is 2. The van der Waals surface area contributed by atoms with Gasteiger partial charge in [-0.2, -0.15) is 0 Å². The Labute approximate surface area is 115 Å². The minimum absolute atomic E-state index is 0.0289. The smallest absolute Gasteiger partial charge is 0.261 e. The van der Waals surface area contributed by atoms with Crippen LogP contribution in [-0.4, -0.2) is 11.7 Å². The fourth-order valence-corrected chi connectivity index (χ4v) is 2.48. The van der Waals surface area contributed by atoms with E-state index in [-0.39, 0.29) is 17.7 Å². The van der Waals surface area contributed by atoms with Crippen LogP contribution in [-0.2, 0) is 0 Å². The van der Waals surface area contributed by atoms with Gasteiger partial charge in [0.15, 0.2) is 5.78 Å². The van der Waals surface area contributed by atoms with Crippen molar-refractivity contribution in [3.05, 3.63) is 45.5 Å². The van der Waals surface area contributed by atoms with Crippen molar-refractivity contribution in [2.75, 3.05) is 0 Å². The second kappa shape index (κ2) is 5.40. The standard InChI is InChI=1S/C14H15NO3S/c1-8-4-5-11(18-8)9(2)15-14(17)13-7-6-12(19-13)10(3)16/h4-7,9H,1-3H3,(H,15,17)/t9-/m0/s1. The quantitative estimate of drug-likeness (QED) is 0.872. The van der Waals surface area contributed by atoms with Crippen LogP contribution in [0.4, 0.5) is 0 Å². The zero-order valence-corrected chi connectivity index (χ0v) is 11.8. The van der Waals surface area contributed by atoms with Crippen LogP contribution in [0.2, 0.25) is 0 Å². The van der Waals surface area contributed by atoms with Crippen LogP contribution < -0.4 is 5.32 Å². The van der Waals surface area contributed by atoms with Gasteiger partial charge in [0.2, 0.25) is 0 Å². The summed E-state index contributed by atoms with van der Waals surface area (Å²) in [5, 5.41) is 2.84. The maximum absolute atomic E-state index is 12.0. The third-order valence-electron chi connectivity index (χ3n) is 2.71. The number of thiophene rings is 1. The second-order valence-corrected chi connectivity index (χ2v) is 5.45. The molecule has 0 aromatic carbocycles. The Morgan fingerprint density at radius 3 is 2.42 bits per heavy atom. The lowest BCUT2D eigenvalue weighted by molar-refractivity contribution is 0.0938. The summed E-state index contributed by atoms with van der Waals surface area (Å²) in [5.74, 6) is 1.30. The summed E-state index contributed by atoms with van der Waals surface area (Å²) in [6.45, 7) is 5.20. The molecule has 0 fully saturated rings. The van der Waals surface area contributed by atoms with Gasteiger partial charge >= 0.3 is 0 Å². The van der Waals surface area contributed by atoms with E-state index in [1.807, 2.05) is 26.0 Å². The summed E-state index contributed by atoms with van der Waals surface area (Å²) in [4.78, 5) is 24.3. The van der Waals surface area contributed by atoms with Gasteiger partial charge in [-0.3, -0.25) is 9.59 Å². The van der Waals surface area contributed by atoms with E-state index < -0.39 is 0 Å². The van der Waals surface area contributed by atoms with Gasteiger partial charge in [-0.05, 0) is 45.0 Å². The molecule has 2 aromatic heterocycles. The predicted octanol–water partition coefficient (Wildman–Crippen LogP) is 3.34. The minimum Gasteiger partial charge on any atom is -0.464 e. The molecule has 1 atom stereocenters. The summed E-state index contributed by atoms with van der Waals surface area (Å²) in [5.41, 5.74) is 0. The Bertz CT molecular complexity index is 612. The topological polar surface area (TPSA) is 59.3 Å². The molecule has 1 N–H and O–H groups in total. The lowest BCUT2D eigenvalue weighted by Crippen LogP contribution is -2.25. The molecule has 0 radical (unpaired) electrons. The van der Waals surface area contributed by atoms with Crippen molar-refractivity contribution < 1.29 is 14.0 Å². The van der Waals surface area contributed by atoms with Crippen molar-refractivity contribution in [2.24, 2.45) is 0 Å². The van der Waals surface area contributed by atoms with Crippen LogP contribution in [0.3, 0.4) is 0 Å². The highest BCUT2D eigenvalue weighted by Crippen LogP contribution is 2.20. The summed E-state index contributed by atoms with van der Waals surface area (Å²) >= 11 is 1.20. The van der Waals surface area contributed by atoms with Crippen LogP contribution in [0.15, 0.2) is 28.7 Å². The number of carbonyl (C=O) groups excluding carboxylic acids is 2. The monoisotopic (exact) mass is 277 g/mol. The van der Waals surface area contributed by atoms with E-state index in [4.69, 9.17) is 4.42 Å². The third kappa shape index (κ3) is 3.12. The van der Waals surface area contributed by atoms with E-state index in [9.17, 15) is 9.59 Å². The molecule has 0 saturated carbocycles. The number of hydrogen-bond acceptors (Lipinski definition) is 4. The Morgan fingerprint density at radius 1 is 1.21 bits per heavy atom. The molecule has 4 nitrogen and oxygen atoms in total. The summed E-state index contributed by atoms with van der Waals surface area (Å²) in [7, 11) is 0. The maximum atomic E-state index is 12.0. The number of aryl methyl sites for hydroxylation is 1. The van der Waals surface area contributed by atoms with Crippen molar-refractivity contribution in [1.29, 1.82) is 0 Å². The van der Waals surface area contributed by atoms with E-state index in [2.05, 4.69) is 5.32 Å². The average Bonchev–Trinajstić information content (AvgIpc) is 2.96. The van der Waals surface area contributed by atoms with Crippen LogP contribution in [0, 0.1) is 6.92 Å². The normalized spacial score (nSPS) is 12.2. The van der Waals surface area contributed by atoms with Gasteiger partial charge in [0, 0.05) is 0 Å². The molecule has 0 spiro atoms. The van der Waals surface area contributed by atoms with Gasteiger partial charge in [-0.15, -0.1) is 11.3 Å². The van der Waals surface area contributed by atoms with Crippen molar-refractivity contribution in [3.63, 3.8) is 0 Å². The second-order valence-electron chi connectivity index (χ2n) is 4.36. The number of furan rings is 1. The molecule has 100 valence electrons. The van der Waals surface area contributed by atoms with Gasteiger partial charge in [0.25, 0.3) is 5.91 Å². The van der Waals surface area contributed by atoms with Gasteiger partial charge in [0.05, 0.1) is 15.8 Å². The van der Waals surface area contributed by atoms with Gasteiger partial charge in [-0.25, -0.2) is 0 Å². The highest BCUT2D eigenvalue weighted by Gasteiger charge is 2.16. The van der Waals surface area contributed by atoms with Gasteiger partial charge in [-0.1, -0.05) is 0 Å². The van der Waals surface area contributed by atoms with Gasteiger partial charge in [0.1, 0.15) is 11.5 Å². The first kappa shape index (κ1) is 13.5. The van der Waals surface area contributed by atoms with E-state index in [0.29, 0.717) is 15.5 Å². The van der Waals surface area contributed by atoms with Crippen LogP contribution in [0.5, 0.6) is 0 Å². The van der Waals surface area contributed by atoms with E-state index >= 15 is 0 Å². The third-order valence-corrected chi connectivity index (χ3v) is 3.90. The number of nitrogens with one attached hydrogen (secondary N) is 1. The van der Waals surface area contributed by atoms with Crippen LogP contribution >= 0.6 is 11.3 Å². The van der Waals surface area contributed by atoms with Gasteiger partial charge < -0.3 is 9.73 Å². The molecule has 0 aliphatic carbocycles. The van der Waals surface area contributed by atoms with Crippen LogP contribution in [0.1, 0.15) is 50.8 Å². The van der Waals surface area contributed by atoms with E-state index in [0.717, 1.165) is 5.76 Å². The highest BCUT2D eigenvalue weighted by molar-refractivity contribution is 7.15. The molecule has 0 saturated heterocycles. The first-order valence-corrected chi connectivity index (χ1v) is 6.77. The molecule has 2 rings (SSSR count). The lowest BCUT2D eigenvalue weighted by atomic mass is 10.2. The Hall–Kier alpha value is -1.88. The van der Waals surface area contributed by atoms with Crippen LogP contribution in [0.25, 0.3) is 0 Å². The first-order chi connectivity index (χ1) is 8.97. The molecule has 0 unspecified atom stereocenters. The summed E-state index contributed by atoms with van der Waals surface area (Å²) in [6, 6.07) is 6.83. The number of Topliss-reactive ketones (excluding diaryl/α,β-unsaturated/α-hetero) is 1. The fraction of sp³-hybridized carbons (Fsp3) is 0.286. The Morgan fingerprint density at radius 2 is 1.89 bits per heavy atom. The molecule has 5 heteroatoms. The molecular weight excluding hydrogens is 262 g/mol. The molecule has 0 aliphatic heterocycles. The number of amides is 1. The van der Waals surface area contributed by atoms with Crippen molar-refractivity contribution in [1.82, 2.24) is 5.32 Å². The summed E-state index contributed by atoms with van der Waals surface area (Å²) < 4.78 is 5.46. The highest BCUT2D eigenvalue weighted by atomic mass is 32.1. The first-order valence-electron chi connectivity index (χ1n) is 5.95. The number of hydrogen-bond donors (Lipinski definition) is 1. The lowest BCUT2D eigenvalue weighted by Gasteiger charge is -2.10. The minimum atomic E-state index is -0.205. The number of rotatable bonds is 4. The summed E-state index contributed by atoms with van der Waals surface area (Å²) in [6.07, 6.45) is 0. The molecule has 19 heavy (non-hydrogen) atoms. The molecular formula is C14H15NO3S. The fourth-order valence-electron chi connectivity index (χ4n) is 1.67. The average molecular weight is 277 g/mol. The Balaban J connectivity index is 2.06. The maximum Gasteiger partial charge on any atom is 0.261 e. The molecule has 0 aliphatic rings. The zero-order valence-electron chi connectivity index (χ0n) is 11.0. The molecule has 0 bridgehead atoms. The zero-order chi connectivity index (χ0) is 14.0. The SMILES string of the molecule is CC(=O)c1ccc(C(=O)N[C@@H](C)c2ccc(C)o2)s1.